The van der Waals surface area contributed by atoms with Crippen molar-refractivity contribution in [3.63, 3.8) is 0 Å². The Morgan fingerprint density at radius 3 is 2.30 bits per heavy atom. The van der Waals surface area contributed by atoms with E-state index >= 15 is 0 Å². The van der Waals surface area contributed by atoms with Gasteiger partial charge in [-0.3, -0.25) is 0 Å². The van der Waals surface area contributed by atoms with Crippen LogP contribution >= 0.6 is 0 Å². The highest BCUT2D eigenvalue weighted by Crippen LogP contribution is 2.23. The number of fused-ring (bicyclic) bond motifs is 1. The van der Waals surface area contributed by atoms with Gasteiger partial charge in [0.1, 0.15) is 13.4 Å². The Bertz CT molecular complexity index is 789. The van der Waals surface area contributed by atoms with E-state index in [2.05, 4.69) is 51.9 Å². The molecule has 0 unspecified atom stereocenters. The quantitative estimate of drug-likeness (QED) is 0.628. The summed E-state index contributed by atoms with van der Waals surface area (Å²) in [5.74, 6) is 0. The molecule has 20 heavy (non-hydrogen) atoms. The highest BCUT2D eigenvalue weighted by atomic mass is 15.4. The predicted molar refractivity (Wildman–Crippen MR) is 86.0 cm³/mol. The van der Waals surface area contributed by atoms with Gasteiger partial charge in [0.15, 0.2) is 0 Å². The second kappa shape index (κ2) is 4.48. The molecule has 0 atom stereocenters. The van der Waals surface area contributed by atoms with E-state index in [1.54, 1.807) is 0 Å². The zero-order valence-electron chi connectivity index (χ0n) is 12.7. The lowest BCUT2D eigenvalue weighted by Crippen LogP contribution is -2.21. The van der Waals surface area contributed by atoms with Crippen LogP contribution in [0.2, 0.25) is 0 Å². The molecule has 0 aliphatic carbocycles. The number of aromatic nitrogens is 3. The third-order valence-electron chi connectivity index (χ3n) is 4.52. The van der Waals surface area contributed by atoms with E-state index in [0.29, 0.717) is 0 Å². The van der Waals surface area contributed by atoms with Crippen molar-refractivity contribution < 1.29 is 0 Å². The molecule has 0 spiro atoms. The molecule has 0 saturated carbocycles. The summed E-state index contributed by atoms with van der Waals surface area (Å²) >= 11 is 0. The minimum absolute atomic E-state index is 0.933. The molecule has 0 fully saturated rings. The summed E-state index contributed by atoms with van der Waals surface area (Å²) in [6.07, 6.45) is 0. The summed E-state index contributed by atoms with van der Waals surface area (Å²) in [4.78, 5) is 0. The van der Waals surface area contributed by atoms with Crippen LogP contribution in [-0.2, 0) is 0 Å². The smallest absolute Gasteiger partial charge is 0.142 e. The molecule has 0 radical (unpaired) electrons. The maximum absolute atomic E-state index is 4.37. The number of hydrogen-bond acceptors (Lipinski definition) is 2. The molecule has 1 heterocycles. The molecule has 2 aromatic carbocycles. The Labute approximate surface area is 120 Å². The maximum atomic E-state index is 4.37. The van der Waals surface area contributed by atoms with Gasteiger partial charge in [0.25, 0.3) is 0 Å². The van der Waals surface area contributed by atoms with Crippen molar-refractivity contribution in [3.05, 3.63) is 46.5 Å². The van der Waals surface area contributed by atoms with Crippen molar-refractivity contribution in [2.24, 2.45) is 0 Å². The molecule has 3 rings (SSSR count). The van der Waals surface area contributed by atoms with Gasteiger partial charge in [-0.2, -0.15) is 0 Å². The molecule has 100 valence electrons. The van der Waals surface area contributed by atoms with E-state index in [1.807, 2.05) is 22.9 Å². The summed E-state index contributed by atoms with van der Waals surface area (Å²) in [5, 5.41) is 8.64. The molecule has 0 aliphatic heterocycles. The normalized spacial score (nSPS) is 11.2. The molecule has 4 heteroatoms. The van der Waals surface area contributed by atoms with Crippen LogP contribution in [0.4, 0.5) is 0 Å². The predicted octanol–water partition coefficient (Wildman–Crippen LogP) is 1.91. The first-order chi connectivity index (χ1) is 9.52. The summed E-state index contributed by atoms with van der Waals surface area (Å²) < 4.78 is 1.97. The minimum atomic E-state index is 0.933. The largest absolute Gasteiger partial charge is 0.213 e. The van der Waals surface area contributed by atoms with Crippen LogP contribution in [0, 0.1) is 27.7 Å². The average molecular weight is 263 g/mol. The highest BCUT2D eigenvalue weighted by molar-refractivity contribution is 6.36. The van der Waals surface area contributed by atoms with Gasteiger partial charge in [0.05, 0.1) is 11.2 Å². The van der Waals surface area contributed by atoms with Crippen molar-refractivity contribution in [1.29, 1.82) is 0 Å². The van der Waals surface area contributed by atoms with Gasteiger partial charge in [-0.25, -0.2) is 4.68 Å². The topological polar surface area (TPSA) is 30.7 Å². The van der Waals surface area contributed by atoms with E-state index in [9.17, 15) is 0 Å². The summed E-state index contributed by atoms with van der Waals surface area (Å²) in [6.45, 7) is 8.72. The van der Waals surface area contributed by atoms with E-state index in [0.717, 1.165) is 11.0 Å². The lowest BCUT2D eigenvalue weighted by molar-refractivity contribution is 0.820. The van der Waals surface area contributed by atoms with E-state index < -0.39 is 0 Å². The Morgan fingerprint density at radius 2 is 1.55 bits per heavy atom. The van der Waals surface area contributed by atoms with Gasteiger partial charge >= 0.3 is 0 Å². The minimum Gasteiger partial charge on any atom is -0.213 e. The van der Waals surface area contributed by atoms with Crippen LogP contribution in [0.15, 0.2) is 24.3 Å². The first-order valence-electron chi connectivity index (χ1n) is 6.90. The lowest BCUT2D eigenvalue weighted by Gasteiger charge is -2.18. The van der Waals surface area contributed by atoms with Crippen molar-refractivity contribution in [2.45, 2.75) is 27.7 Å². The number of nitrogens with zero attached hydrogens (tertiary/aromatic N) is 3. The van der Waals surface area contributed by atoms with Crippen LogP contribution in [-0.4, -0.2) is 22.8 Å². The van der Waals surface area contributed by atoms with Gasteiger partial charge < -0.3 is 0 Å². The van der Waals surface area contributed by atoms with Gasteiger partial charge in [0.2, 0.25) is 0 Å². The van der Waals surface area contributed by atoms with Gasteiger partial charge in [-0.15, -0.1) is 5.10 Å². The van der Waals surface area contributed by atoms with Crippen LogP contribution < -0.4 is 5.46 Å². The molecule has 1 aromatic heterocycles. The summed E-state index contributed by atoms with van der Waals surface area (Å²) in [5.41, 5.74) is 9.75. The summed E-state index contributed by atoms with van der Waals surface area (Å²) in [6, 6.07) is 8.09. The maximum Gasteiger partial charge on any atom is 0.142 e. The molecular weight excluding hydrogens is 245 g/mol. The molecular formula is C16H18BN3. The fourth-order valence-electron chi connectivity index (χ4n) is 2.83. The third kappa shape index (κ3) is 1.68. The molecule has 0 N–H and O–H groups in total. The molecule has 0 bridgehead atoms. The van der Waals surface area contributed by atoms with Crippen LogP contribution in [0.3, 0.4) is 0 Å². The number of rotatable bonds is 1. The number of hydrogen-bond donors (Lipinski definition) is 0. The second-order valence-corrected chi connectivity index (χ2v) is 5.46. The zero-order valence-corrected chi connectivity index (χ0v) is 12.7. The SMILES string of the molecule is Bc1c(C)c(C)c(C)c(C)c1-n1nnc2ccccc21. The number of para-hydroxylation sites is 1. The second-order valence-electron chi connectivity index (χ2n) is 5.46. The fraction of sp³-hybridized carbons (Fsp3) is 0.250. The summed E-state index contributed by atoms with van der Waals surface area (Å²) in [7, 11) is 2.17. The molecule has 0 saturated heterocycles. The Hall–Kier alpha value is -2.10. The molecule has 3 aromatic rings. The first kappa shape index (κ1) is 12.9. The Balaban J connectivity index is 2.41. The van der Waals surface area contributed by atoms with Gasteiger partial charge in [0, 0.05) is 0 Å². The fourth-order valence-corrected chi connectivity index (χ4v) is 2.83. The molecule has 3 nitrogen and oxygen atoms in total. The van der Waals surface area contributed by atoms with Crippen molar-refractivity contribution >= 4 is 24.3 Å². The van der Waals surface area contributed by atoms with Crippen molar-refractivity contribution in [2.75, 3.05) is 0 Å². The monoisotopic (exact) mass is 263 g/mol. The van der Waals surface area contributed by atoms with E-state index in [-0.39, 0.29) is 0 Å². The van der Waals surface area contributed by atoms with Crippen molar-refractivity contribution in [1.82, 2.24) is 15.0 Å². The molecule has 0 amide bonds. The highest BCUT2D eigenvalue weighted by Gasteiger charge is 2.16. The zero-order chi connectivity index (χ0) is 14.4. The average Bonchev–Trinajstić information content (AvgIpc) is 2.87. The number of benzene rings is 2. The Morgan fingerprint density at radius 1 is 0.900 bits per heavy atom. The molecule has 0 aliphatic rings. The lowest BCUT2D eigenvalue weighted by atomic mass is 9.82. The van der Waals surface area contributed by atoms with Crippen molar-refractivity contribution in [3.8, 4) is 5.69 Å². The van der Waals surface area contributed by atoms with E-state index in [1.165, 1.54) is 33.4 Å². The Kier molecular flexibility index (Phi) is 2.89. The first-order valence-corrected chi connectivity index (χ1v) is 6.90. The van der Waals surface area contributed by atoms with Crippen LogP contribution in [0.5, 0.6) is 0 Å². The van der Waals surface area contributed by atoms with Gasteiger partial charge in [-0.1, -0.05) is 28.4 Å². The van der Waals surface area contributed by atoms with Crippen LogP contribution in [0.1, 0.15) is 22.3 Å². The van der Waals surface area contributed by atoms with Gasteiger partial charge in [-0.05, 0) is 56.5 Å². The third-order valence-corrected chi connectivity index (χ3v) is 4.52. The van der Waals surface area contributed by atoms with E-state index in [4.69, 9.17) is 0 Å². The standard InChI is InChI=1S/C16H18BN3/c1-9-10(2)12(4)16(15(17)11(9)3)20-14-8-6-5-7-13(14)18-19-20/h5-8H,17H2,1-4H3. The van der Waals surface area contributed by atoms with Crippen LogP contribution in [0.25, 0.3) is 16.7 Å².